The highest BCUT2D eigenvalue weighted by molar-refractivity contribution is 5.48. The largest absolute Gasteiger partial charge is 0.491 e. The Morgan fingerprint density at radius 3 is 2.86 bits per heavy atom. The molecule has 0 spiro atoms. The first kappa shape index (κ1) is 14.0. The van der Waals surface area contributed by atoms with Gasteiger partial charge in [-0.05, 0) is 43.2 Å². The zero-order valence-electron chi connectivity index (χ0n) is 12.3. The van der Waals surface area contributed by atoms with Crippen molar-refractivity contribution >= 4 is 5.69 Å². The number of aryl methyl sites for hydroxylation is 1. The Labute approximate surface area is 125 Å². The summed E-state index contributed by atoms with van der Waals surface area (Å²) in [5.41, 5.74) is 2.40. The van der Waals surface area contributed by atoms with E-state index >= 15 is 0 Å². The third-order valence-corrected chi connectivity index (χ3v) is 3.80. The zero-order valence-corrected chi connectivity index (χ0v) is 12.3. The molecule has 0 amide bonds. The van der Waals surface area contributed by atoms with E-state index in [0.29, 0.717) is 19.3 Å². The fourth-order valence-electron chi connectivity index (χ4n) is 2.73. The molecule has 1 aromatic heterocycles. The normalized spacial score (nSPS) is 17.3. The van der Waals surface area contributed by atoms with E-state index in [-0.39, 0.29) is 0 Å². The Morgan fingerprint density at radius 2 is 2.05 bits per heavy atom. The molecule has 1 N–H and O–H groups in total. The Kier molecular flexibility index (Phi) is 4.46. The average molecular weight is 287 g/mol. The molecule has 0 saturated carbocycles. The summed E-state index contributed by atoms with van der Waals surface area (Å²) >= 11 is 0. The number of nitrogens with one attached hydrogen (secondary N) is 1. The highest BCUT2D eigenvalue weighted by Crippen LogP contribution is 2.33. The molecule has 1 aliphatic rings. The molecule has 3 rings (SSSR count). The quantitative estimate of drug-likeness (QED) is 0.821. The van der Waals surface area contributed by atoms with Crippen LogP contribution in [0.3, 0.4) is 0 Å². The summed E-state index contributed by atoms with van der Waals surface area (Å²) in [7, 11) is 1.67. The van der Waals surface area contributed by atoms with Gasteiger partial charge in [0, 0.05) is 24.8 Å². The number of hydrogen-bond donors (Lipinski definition) is 1. The van der Waals surface area contributed by atoms with Crippen molar-refractivity contribution in [3.63, 3.8) is 0 Å². The molecule has 1 unspecified atom stereocenters. The molecule has 0 fully saturated rings. The predicted octanol–water partition coefficient (Wildman–Crippen LogP) is 3.79. The minimum atomic E-state index is 0.341. The summed E-state index contributed by atoms with van der Waals surface area (Å²) in [4.78, 5) is 0. The highest BCUT2D eigenvalue weighted by Gasteiger charge is 2.22. The predicted molar refractivity (Wildman–Crippen MR) is 81.8 cm³/mol. The summed E-state index contributed by atoms with van der Waals surface area (Å²) in [6.45, 7) is 1.18. The van der Waals surface area contributed by atoms with Crippen LogP contribution in [0.4, 0.5) is 5.69 Å². The molecule has 0 aliphatic heterocycles. The van der Waals surface area contributed by atoms with Crippen LogP contribution in [0.25, 0.3) is 0 Å². The van der Waals surface area contributed by atoms with E-state index in [4.69, 9.17) is 13.9 Å². The SMILES string of the molecule is COCCOc1ccc(NC2CCCc3occc32)cc1. The van der Waals surface area contributed by atoms with Gasteiger partial charge in [0.25, 0.3) is 0 Å². The topological polar surface area (TPSA) is 43.6 Å². The Morgan fingerprint density at radius 1 is 1.19 bits per heavy atom. The van der Waals surface area contributed by atoms with E-state index in [0.717, 1.165) is 36.5 Å². The molecule has 1 heterocycles. The van der Waals surface area contributed by atoms with Gasteiger partial charge in [-0.1, -0.05) is 0 Å². The summed E-state index contributed by atoms with van der Waals surface area (Å²) < 4.78 is 16.1. The van der Waals surface area contributed by atoms with Crippen molar-refractivity contribution in [1.29, 1.82) is 0 Å². The third-order valence-electron chi connectivity index (χ3n) is 3.80. The molecule has 112 valence electrons. The van der Waals surface area contributed by atoms with Crippen LogP contribution >= 0.6 is 0 Å². The smallest absolute Gasteiger partial charge is 0.119 e. The van der Waals surface area contributed by atoms with Gasteiger partial charge in [0.2, 0.25) is 0 Å². The number of methoxy groups -OCH3 is 1. The zero-order chi connectivity index (χ0) is 14.5. The minimum absolute atomic E-state index is 0.341. The van der Waals surface area contributed by atoms with E-state index < -0.39 is 0 Å². The summed E-state index contributed by atoms with van der Waals surface area (Å²) in [5, 5.41) is 3.58. The second-order valence-corrected chi connectivity index (χ2v) is 5.25. The number of rotatable bonds is 6. The van der Waals surface area contributed by atoms with E-state index in [2.05, 4.69) is 23.5 Å². The van der Waals surface area contributed by atoms with Crippen LogP contribution < -0.4 is 10.1 Å². The fraction of sp³-hybridized carbons (Fsp3) is 0.412. The number of hydrogen-bond acceptors (Lipinski definition) is 4. The van der Waals surface area contributed by atoms with Crippen molar-refractivity contribution in [2.24, 2.45) is 0 Å². The maximum atomic E-state index is 5.57. The molecule has 2 aromatic rings. The monoisotopic (exact) mass is 287 g/mol. The lowest BCUT2D eigenvalue weighted by Crippen LogP contribution is -2.15. The van der Waals surface area contributed by atoms with Crippen LogP contribution in [-0.4, -0.2) is 20.3 Å². The standard InChI is InChI=1S/C17H21NO3/c1-19-11-12-20-14-7-5-13(6-8-14)18-16-3-2-4-17-15(16)9-10-21-17/h5-10,16,18H,2-4,11-12H2,1H3. The molecule has 1 atom stereocenters. The first-order valence-electron chi connectivity index (χ1n) is 7.41. The lowest BCUT2D eigenvalue weighted by Gasteiger charge is -2.23. The van der Waals surface area contributed by atoms with Gasteiger partial charge in [-0.2, -0.15) is 0 Å². The van der Waals surface area contributed by atoms with Crippen molar-refractivity contribution in [3.05, 3.63) is 47.9 Å². The molecule has 1 aromatic carbocycles. The van der Waals surface area contributed by atoms with E-state index in [1.165, 1.54) is 5.56 Å². The molecule has 1 aliphatic carbocycles. The Balaban J connectivity index is 1.61. The molecule has 0 bridgehead atoms. The van der Waals surface area contributed by atoms with Crippen LogP contribution in [0, 0.1) is 0 Å². The van der Waals surface area contributed by atoms with Crippen molar-refractivity contribution in [3.8, 4) is 5.75 Å². The number of fused-ring (bicyclic) bond motifs is 1. The first-order chi connectivity index (χ1) is 10.4. The lowest BCUT2D eigenvalue weighted by atomic mass is 9.93. The highest BCUT2D eigenvalue weighted by atomic mass is 16.5. The molecule has 4 heteroatoms. The summed E-state index contributed by atoms with van der Waals surface area (Å²) in [5.74, 6) is 1.99. The molecular formula is C17H21NO3. The summed E-state index contributed by atoms with van der Waals surface area (Å²) in [6.07, 6.45) is 5.14. The van der Waals surface area contributed by atoms with Gasteiger partial charge in [-0.15, -0.1) is 0 Å². The second kappa shape index (κ2) is 6.68. The molecule has 4 nitrogen and oxygen atoms in total. The van der Waals surface area contributed by atoms with Gasteiger partial charge in [0.15, 0.2) is 0 Å². The fourth-order valence-corrected chi connectivity index (χ4v) is 2.73. The molecule has 0 radical (unpaired) electrons. The van der Waals surface area contributed by atoms with Gasteiger partial charge in [-0.25, -0.2) is 0 Å². The first-order valence-corrected chi connectivity index (χ1v) is 7.41. The van der Waals surface area contributed by atoms with Gasteiger partial charge < -0.3 is 19.2 Å². The van der Waals surface area contributed by atoms with Crippen LogP contribution in [0.1, 0.15) is 30.2 Å². The third kappa shape index (κ3) is 3.39. The van der Waals surface area contributed by atoms with Gasteiger partial charge in [0.05, 0.1) is 18.9 Å². The lowest BCUT2D eigenvalue weighted by molar-refractivity contribution is 0.146. The van der Waals surface area contributed by atoms with Gasteiger partial charge >= 0.3 is 0 Å². The number of ether oxygens (including phenoxy) is 2. The molecule has 21 heavy (non-hydrogen) atoms. The van der Waals surface area contributed by atoms with E-state index in [1.54, 1.807) is 13.4 Å². The van der Waals surface area contributed by atoms with E-state index in [9.17, 15) is 0 Å². The second-order valence-electron chi connectivity index (χ2n) is 5.25. The van der Waals surface area contributed by atoms with Crippen LogP contribution in [0.5, 0.6) is 5.75 Å². The summed E-state index contributed by atoms with van der Waals surface area (Å²) in [6, 6.07) is 10.5. The van der Waals surface area contributed by atoms with Crippen LogP contribution in [-0.2, 0) is 11.2 Å². The average Bonchev–Trinajstić information content (AvgIpc) is 2.99. The number of anilines is 1. The van der Waals surface area contributed by atoms with Crippen LogP contribution in [0.2, 0.25) is 0 Å². The maximum Gasteiger partial charge on any atom is 0.119 e. The van der Waals surface area contributed by atoms with Crippen LogP contribution in [0.15, 0.2) is 41.0 Å². The van der Waals surface area contributed by atoms with Crippen molar-refractivity contribution in [2.45, 2.75) is 25.3 Å². The van der Waals surface area contributed by atoms with Crippen molar-refractivity contribution < 1.29 is 13.9 Å². The van der Waals surface area contributed by atoms with Crippen molar-refractivity contribution in [2.75, 3.05) is 25.6 Å². The minimum Gasteiger partial charge on any atom is -0.491 e. The van der Waals surface area contributed by atoms with Crippen molar-refractivity contribution in [1.82, 2.24) is 0 Å². The van der Waals surface area contributed by atoms with E-state index in [1.807, 2.05) is 12.1 Å². The molecule has 0 saturated heterocycles. The Bertz CT molecular complexity index is 562. The molecular weight excluding hydrogens is 266 g/mol. The van der Waals surface area contributed by atoms with Gasteiger partial charge in [0.1, 0.15) is 18.1 Å². The Hall–Kier alpha value is -1.94. The van der Waals surface area contributed by atoms with Gasteiger partial charge in [-0.3, -0.25) is 0 Å². The number of benzene rings is 1. The maximum absolute atomic E-state index is 5.57. The number of furan rings is 1.